The van der Waals surface area contributed by atoms with Gasteiger partial charge in [0.2, 0.25) is 0 Å². The van der Waals surface area contributed by atoms with Gasteiger partial charge >= 0.3 is 0 Å². The van der Waals surface area contributed by atoms with Crippen molar-refractivity contribution in [1.29, 1.82) is 0 Å². The van der Waals surface area contributed by atoms with E-state index in [0.717, 1.165) is 31.7 Å². The summed E-state index contributed by atoms with van der Waals surface area (Å²) in [5.74, 6) is 0. The number of hydrogen-bond donors (Lipinski definition) is 1. The molecule has 112 valence electrons. The first-order valence-corrected chi connectivity index (χ1v) is 8.86. The summed E-state index contributed by atoms with van der Waals surface area (Å²) < 4.78 is 22.8. The van der Waals surface area contributed by atoms with Gasteiger partial charge in [-0.15, -0.1) is 0 Å². The van der Waals surface area contributed by atoms with Gasteiger partial charge in [0.1, 0.15) is 0 Å². The molecule has 0 aromatic heterocycles. The minimum atomic E-state index is -3.10. The lowest BCUT2D eigenvalue weighted by molar-refractivity contribution is 0.203. The lowest BCUT2D eigenvalue weighted by atomic mass is 9.89. The summed E-state index contributed by atoms with van der Waals surface area (Å²) in [6.07, 6.45) is 2.45. The number of hydrogen-bond acceptors (Lipinski definition) is 4. The first kappa shape index (κ1) is 15.5. The molecule has 1 aromatic carbocycles. The van der Waals surface area contributed by atoms with E-state index in [1.165, 1.54) is 12.7 Å². The number of rotatable bonds is 5. The highest BCUT2D eigenvalue weighted by Gasteiger charge is 2.29. The molecule has 1 aliphatic rings. The molecule has 20 heavy (non-hydrogen) atoms. The summed E-state index contributed by atoms with van der Waals surface area (Å²) in [6, 6.07) is 7.19. The molecule has 1 unspecified atom stereocenters. The van der Waals surface area contributed by atoms with E-state index >= 15 is 0 Å². The van der Waals surface area contributed by atoms with Crippen LogP contribution >= 0.6 is 0 Å². The van der Waals surface area contributed by atoms with E-state index in [2.05, 4.69) is 24.2 Å². The van der Waals surface area contributed by atoms with E-state index in [0.29, 0.717) is 10.3 Å². The average molecular weight is 296 g/mol. The van der Waals surface area contributed by atoms with Gasteiger partial charge in [-0.3, -0.25) is 0 Å². The highest BCUT2D eigenvalue weighted by molar-refractivity contribution is 7.90. The Hall–Kier alpha value is -0.910. The fourth-order valence-electron chi connectivity index (χ4n) is 2.86. The molecule has 1 N–H and O–H groups in total. The van der Waals surface area contributed by atoms with E-state index in [1.807, 2.05) is 12.1 Å². The summed E-state index contributed by atoms with van der Waals surface area (Å²) in [4.78, 5) is 2.69. The van der Waals surface area contributed by atoms with Crippen LogP contribution in [0.3, 0.4) is 0 Å². The van der Waals surface area contributed by atoms with Gasteiger partial charge in [-0.05, 0) is 43.1 Å². The van der Waals surface area contributed by atoms with Crippen molar-refractivity contribution < 1.29 is 8.42 Å². The first-order valence-electron chi connectivity index (χ1n) is 6.97. The maximum atomic E-state index is 11.4. The molecule has 2 rings (SSSR count). The Morgan fingerprint density at radius 3 is 2.45 bits per heavy atom. The van der Waals surface area contributed by atoms with Crippen LogP contribution in [0.15, 0.2) is 29.2 Å². The van der Waals surface area contributed by atoms with Gasteiger partial charge in [0.05, 0.1) is 4.90 Å². The Kier molecular flexibility index (Phi) is 4.52. The van der Waals surface area contributed by atoms with Gasteiger partial charge in [-0.2, -0.15) is 0 Å². The zero-order valence-electron chi connectivity index (χ0n) is 12.5. The molecule has 1 fully saturated rings. The Balaban J connectivity index is 1.96. The van der Waals surface area contributed by atoms with Crippen LogP contribution in [0.1, 0.15) is 18.9 Å². The van der Waals surface area contributed by atoms with Gasteiger partial charge in [0.15, 0.2) is 9.84 Å². The quantitative estimate of drug-likeness (QED) is 0.895. The molecule has 4 nitrogen and oxygen atoms in total. The van der Waals surface area contributed by atoms with E-state index in [9.17, 15) is 8.42 Å². The van der Waals surface area contributed by atoms with Crippen LogP contribution in [0.5, 0.6) is 0 Å². The smallest absolute Gasteiger partial charge is 0.175 e. The molecule has 1 aromatic rings. The van der Waals surface area contributed by atoms with Crippen LogP contribution in [0.25, 0.3) is 0 Å². The largest absolute Gasteiger partial charge is 0.316 e. The Morgan fingerprint density at radius 2 is 1.95 bits per heavy atom. The molecule has 1 heterocycles. The van der Waals surface area contributed by atoms with Crippen molar-refractivity contribution in [2.24, 2.45) is 5.41 Å². The van der Waals surface area contributed by atoms with Crippen LogP contribution in [-0.2, 0) is 16.4 Å². The summed E-state index contributed by atoms with van der Waals surface area (Å²) in [5, 5.41) is 3.41. The van der Waals surface area contributed by atoms with Crippen LogP contribution in [-0.4, -0.2) is 46.3 Å². The highest BCUT2D eigenvalue weighted by Crippen LogP contribution is 2.25. The fourth-order valence-corrected chi connectivity index (χ4v) is 3.50. The maximum absolute atomic E-state index is 11.4. The third kappa shape index (κ3) is 4.04. The summed E-state index contributed by atoms with van der Waals surface area (Å²) in [6.45, 7) is 6.39. The van der Waals surface area contributed by atoms with Crippen molar-refractivity contribution >= 4 is 9.84 Å². The topological polar surface area (TPSA) is 49.4 Å². The van der Waals surface area contributed by atoms with Gasteiger partial charge < -0.3 is 10.2 Å². The molecule has 0 aliphatic carbocycles. The lowest BCUT2D eigenvalue weighted by Gasteiger charge is -2.29. The third-order valence-electron chi connectivity index (χ3n) is 3.91. The van der Waals surface area contributed by atoms with Gasteiger partial charge in [-0.25, -0.2) is 8.42 Å². The molecule has 1 atom stereocenters. The Labute approximate surface area is 122 Å². The van der Waals surface area contributed by atoms with Crippen LogP contribution < -0.4 is 5.32 Å². The van der Waals surface area contributed by atoms with E-state index in [4.69, 9.17) is 0 Å². The van der Waals surface area contributed by atoms with E-state index in [-0.39, 0.29) is 0 Å². The second-order valence-electron chi connectivity index (χ2n) is 6.33. The molecule has 1 aliphatic heterocycles. The molecule has 0 amide bonds. The minimum Gasteiger partial charge on any atom is -0.316 e. The molecule has 1 saturated heterocycles. The van der Waals surface area contributed by atoms with Crippen LogP contribution in [0.2, 0.25) is 0 Å². The zero-order valence-corrected chi connectivity index (χ0v) is 13.3. The minimum absolute atomic E-state index is 0.349. The normalized spacial score (nSPS) is 23.4. The van der Waals surface area contributed by atoms with Crippen molar-refractivity contribution in [2.45, 2.75) is 24.8 Å². The number of sulfone groups is 1. The first-order chi connectivity index (χ1) is 9.28. The molecule has 0 spiro atoms. The van der Waals surface area contributed by atoms with Crippen molar-refractivity contribution in [3.05, 3.63) is 29.8 Å². The monoisotopic (exact) mass is 296 g/mol. The van der Waals surface area contributed by atoms with Crippen molar-refractivity contribution in [1.82, 2.24) is 10.2 Å². The second kappa shape index (κ2) is 5.84. The maximum Gasteiger partial charge on any atom is 0.175 e. The van der Waals surface area contributed by atoms with Gasteiger partial charge in [-0.1, -0.05) is 19.1 Å². The fraction of sp³-hybridized carbons (Fsp3) is 0.600. The standard InChI is InChI=1S/C15H24N2O2S/c1-15(8-9-16-11-15)12-17(2)10-13-4-6-14(7-5-13)20(3,18)19/h4-7,16H,8-12H2,1-3H3. The Bertz CT molecular complexity index is 546. The highest BCUT2D eigenvalue weighted by atomic mass is 32.2. The number of nitrogens with one attached hydrogen (secondary N) is 1. The molecule has 0 saturated carbocycles. The molecule has 0 bridgehead atoms. The molecule has 5 heteroatoms. The summed E-state index contributed by atoms with van der Waals surface area (Å²) in [7, 11) is -0.979. The summed E-state index contributed by atoms with van der Waals surface area (Å²) in [5.41, 5.74) is 1.50. The van der Waals surface area contributed by atoms with Crippen LogP contribution in [0.4, 0.5) is 0 Å². The summed E-state index contributed by atoms with van der Waals surface area (Å²) >= 11 is 0. The number of benzene rings is 1. The molecule has 0 radical (unpaired) electrons. The van der Waals surface area contributed by atoms with Crippen LogP contribution in [0, 0.1) is 5.41 Å². The van der Waals surface area contributed by atoms with E-state index < -0.39 is 9.84 Å². The predicted octanol–water partition coefficient (Wildman–Crippen LogP) is 1.52. The molecular formula is C15H24N2O2S. The SMILES string of the molecule is CN(Cc1ccc(S(C)(=O)=O)cc1)CC1(C)CCNC1. The lowest BCUT2D eigenvalue weighted by Crippen LogP contribution is -2.34. The Morgan fingerprint density at radius 1 is 1.30 bits per heavy atom. The van der Waals surface area contributed by atoms with Crippen molar-refractivity contribution in [2.75, 3.05) is 32.9 Å². The third-order valence-corrected chi connectivity index (χ3v) is 5.04. The average Bonchev–Trinajstić information content (AvgIpc) is 2.74. The van der Waals surface area contributed by atoms with Crippen molar-refractivity contribution in [3.8, 4) is 0 Å². The van der Waals surface area contributed by atoms with Gasteiger partial charge in [0, 0.05) is 25.9 Å². The molecular weight excluding hydrogens is 272 g/mol. The number of nitrogens with zero attached hydrogens (tertiary/aromatic N) is 1. The van der Waals surface area contributed by atoms with Crippen molar-refractivity contribution in [3.63, 3.8) is 0 Å². The predicted molar refractivity (Wildman–Crippen MR) is 81.5 cm³/mol. The zero-order chi connectivity index (χ0) is 14.8. The van der Waals surface area contributed by atoms with E-state index in [1.54, 1.807) is 12.1 Å². The van der Waals surface area contributed by atoms with Gasteiger partial charge in [0.25, 0.3) is 0 Å². The second-order valence-corrected chi connectivity index (χ2v) is 8.34.